The largest absolute Gasteiger partial charge is 0.236 e. The average Bonchev–Trinajstić information content (AvgIpc) is 2.59. The fourth-order valence-electron chi connectivity index (χ4n) is 3.97. The molecule has 0 N–H and O–H groups in total. The molecule has 0 spiro atoms. The van der Waals surface area contributed by atoms with Crippen molar-refractivity contribution in [2.75, 3.05) is 0 Å². The molecule has 1 aromatic heterocycles. The first-order valence-corrected chi connectivity index (χ1v) is 9.51. The number of aromatic nitrogens is 2. The summed E-state index contributed by atoms with van der Waals surface area (Å²) in [5.41, 5.74) is 8.46. The Morgan fingerprint density at radius 1 is 0.778 bits per heavy atom. The van der Waals surface area contributed by atoms with E-state index in [1.165, 1.54) is 33.0 Å². The van der Waals surface area contributed by atoms with E-state index in [0.717, 1.165) is 22.2 Å². The second-order valence-electron chi connectivity index (χ2n) is 8.70. The monoisotopic (exact) mass is 354 g/mol. The minimum absolute atomic E-state index is 0.129. The van der Waals surface area contributed by atoms with Gasteiger partial charge >= 0.3 is 0 Å². The van der Waals surface area contributed by atoms with Crippen molar-refractivity contribution >= 4 is 21.7 Å². The van der Waals surface area contributed by atoms with E-state index < -0.39 is 0 Å². The lowest BCUT2D eigenvalue weighted by molar-refractivity contribution is 0.590. The van der Waals surface area contributed by atoms with Gasteiger partial charge in [0.1, 0.15) is 6.33 Å². The SMILES string of the molecule is Cc1cc(C)cc(-c2ncnc3c2ccc2cc(C(C)(C)C)cc(C)c23)c1. The van der Waals surface area contributed by atoms with Crippen LogP contribution in [0, 0.1) is 20.8 Å². The van der Waals surface area contributed by atoms with E-state index >= 15 is 0 Å². The van der Waals surface area contributed by atoms with Gasteiger partial charge in [-0.15, -0.1) is 0 Å². The van der Waals surface area contributed by atoms with E-state index in [1.54, 1.807) is 6.33 Å². The molecule has 0 bridgehead atoms. The molecule has 2 nitrogen and oxygen atoms in total. The number of aryl methyl sites for hydroxylation is 3. The summed E-state index contributed by atoms with van der Waals surface area (Å²) >= 11 is 0. The van der Waals surface area contributed by atoms with E-state index in [2.05, 4.69) is 94.0 Å². The third kappa shape index (κ3) is 3.10. The van der Waals surface area contributed by atoms with Crippen LogP contribution < -0.4 is 0 Å². The predicted octanol–water partition coefficient (Wildman–Crippen LogP) is 6.67. The van der Waals surface area contributed by atoms with E-state index in [0.29, 0.717) is 0 Å². The maximum absolute atomic E-state index is 4.68. The summed E-state index contributed by atoms with van der Waals surface area (Å²) in [6.07, 6.45) is 1.70. The third-order valence-electron chi connectivity index (χ3n) is 5.28. The minimum atomic E-state index is 0.129. The zero-order chi connectivity index (χ0) is 19.3. The fraction of sp³-hybridized carbons (Fsp3) is 0.280. The summed E-state index contributed by atoms with van der Waals surface area (Å²) in [5.74, 6) is 0. The van der Waals surface area contributed by atoms with Gasteiger partial charge < -0.3 is 0 Å². The normalized spacial score (nSPS) is 12.1. The van der Waals surface area contributed by atoms with E-state index in [1.807, 2.05) is 0 Å². The second kappa shape index (κ2) is 6.16. The topological polar surface area (TPSA) is 25.8 Å². The van der Waals surface area contributed by atoms with Crippen LogP contribution >= 0.6 is 0 Å². The number of nitrogens with zero attached hydrogens (tertiary/aromatic N) is 2. The Morgan fingerprint density at radius 3 is 2.15 bits per heavy atom. The Balaban J connectivity index is 2.04. The van der Waals surface area contributed by atoms with Crippen LogP contribution in [0.5, 0.6) is 0 Å². The summed E-state index contributed by atoms with van der Waals surface area (Å²) in [6, 6.07) is 15.6. The maximum Gasteiger partial charge on any atom is 0.116 e. The Kier molecular flexibility index (Phi) is 4.03. The number of rotatable bonds is 1. The maximum atomic E-state index is 4.68. The van der Waals surface area contributed by atoms with Crippen molar-refractivity contribution in [2.24, 2.45) is 0 Å². The molecule has 27 heavy (non-hydrogen) atoms. The summed E-state index contributed by atoms with van der Waals surface area (Å²) < 4.78 is 0. The Bertz CT molecular complexity index is 1160. The van der Waals surface area contributed by atoms with Crippen LogP contribution in [0.15, 0.2) is 48.8 Å². The molecular formula is C25H26N2. The summed E-state index contributed by atoms with van der Waals surface area (Å²) in [5, 5.41) is 3.59. The lowest BCUT2D eigenvalue weighted by Crippen LogP contribution is -2.11. The van der Waals surface area contributed by atoms with Crippen LogP contribution in [0.2, 0.25) is 0 Å². The van der Waals surface area contributed by atoms with E-state index in [9.17, 15) is 0 Å². The molecule has 0 aliphatic rings. The van der Waals surface area contributed by atoms with Gasteiger partial charge in [0.25, 0.3) is 0 Å². The zero-order valence-electron chi connectivity index (χ0n) is 17.0. The third-order valence-corrected chi connectivity index (χ3v) is 5.28. The summed E-state index contributed by atoms with van der Waals surface area (Å²) in [6.45, 7) is 13.2. The summed E-state index contributed by atoms with van der Waals surface area (Å²) in [7, 11) is 0. The highest BCUT2D eigenvalue weighted by Gasteiger charge is 2.17. The van der Waals surface area contributed by atoms with Crippen LogP contribution in [0.4, 0.5) is 0 Å². The molecule has 1 heterocycles. The molecule has 0 saturated heterocycles. The molecule has 136 valence electrons. The first-order chi connectivity index (χ1) is 12.7. The first-order valence-electron chi connectivity index (χ1n) is 9.51. The molecule has 3 aromatic carbocycles. The van der Waals surface area contributed by atoms with Gasteiger partial charge in [-0.25, -0.2) is 9.97 Å². The molecular weight excluding hydrogens is 328 g/mol. The minimum Gasteiger partial charge on any atom is -0.236 e. The number of hydrogen-bond donors (Lipinski definition) is 0. The Labute approximate surface area is 161 Å². The van der Waals surface area contributed by atoms with Crippen molar-refractivity contribution < 1.29 is 0 Å². The second-order valence-corrected chi connectivity index (χ2v) is 8.70. The molecule has 0 amide bonds. The highest BCUT2D eigenvalue weighted by atomic mass is 14.8. The Morgan fingerprint density at radius 2 is 1.48 bits per heavy atom. The van der Waals surface area contributed by atoms with Crippen LogP contribution in [-0.2, 0) is 5.41 Å². The van der Waals surface area contributed by atoms with Gasteiger partial charge in [-0.2, -0.15) is 0 Å². The average molecular weight is 354 g/mol. The van der Waals surface area contributed by atoms with Crippen molar-refractivity contribution in [1.29, 1.82) is 0 Å². The van der Waals surface area contributed by atoms with Crippen LogP contribution in [0.3, 0.4) is 0 Å². The van der Waals surface area contributed by atoms with E-state index in [4.69, 9.17) is 0 Å². The highest BCUT2D eigenvalue weighted by Crippen LogP contribution is 2.35. The van der Waals surface area contributed by atoms with Crippen LogP contribution in [0.25, 0.3) is 32.9 Å². The molecule has 2 heteroatoms. The predicted molar refractivity (Wildman–Crippen MR) is 115 cm³/mol. The van der Waals surface area contributed by atoms with Gasteiger partial charge in [-0.1, -0.05) is 56.2 Å². The molecule has 0 unspecified atom stereocenters. The van der Waals surface area contributed by atoms with Gasteiger partial charge in [-0.3, -0.25) is 0 Å². The molecule has 0 radical (unpaired) electrons. The Hall–Kier alpha value is -2.74. The van der Waals surface area contributed by atoms with Gasteiger partial charge in [0.15, 0.2) is 0 Å². The zero-order valence-corrected chi connectivity index (χ0v) is 17.0. The fourth-order valence-corrected chi connectivity index (χ4v) is 3.97. The molecule has 0 aliphatic carbocycles. The van der Waals surface area contributed by atoms with Crippen molar-refractivity contribution in [2.45, 2.75) is 47.0 Å². The quantitative estimate of drug-likeness (QED) is 0.357. The highest BCUT2D eigenvalue weighted by molar-refractivity contribution is 6.10. The number of benzene rings is 3. The summed E-state index contributed by atoms with van der Waals surface area (Å²) in [4.78, 5) is 9.32. The lowest BCUT2D eigenvalue weighted by atomic mass is 9.84. The van der Waals surface area contributed by atoms with E-state index in [-0.39, 0.29) is 5.41 Å². The lowest BCUT2D eigenvalue weighted by Gasteiger charge is -2.21. The van der Waals surface area contributed by atoms with Crippen molar-refractivity contribution in [3.8, 4) is 11.3 Å². The smallest absolute Gasteiger partial charge is 0.116 e. The van der Waals surface area contributed by atoms with Gasteiger partial charge in [0.05, 0.1) is 11.2 Å². The molecule has 0 atom stereocenters. The van der Waals surface area contributed by atoms with Crippen LogP contribution in [-0.4, -0.2) is 9.97 Å². The van der Waals surface area contributed by atoms with Crippen molar-refractivity contribution in [1.82, 2.24) is 9.97 Å². The first kappa shape index (κ1) is 17.7. The molecule has 4 aromatic rings. The van der Waals surface area contributed by atoms with Crippen molar-refractivity contribution in [3.05, 3.63) is 71.0 Å². The molecule has 0 aliphatic heterocycles. The van der Waals surface area contributed by atoms with Crippen LogP contribution in [0.1, 0.15) is 43.0 Å². The molecule has 0 saturated carbocycles. The number of hydrogen-bond acceptors (Lipinski definition) is 2. The van der Waals surface area contributed by atoms with Crippen molar-refractivity contribution in [3.63, 3.8) is 0 Å². The number of fused-ring (bicyclic) bond motifs is 3. The van der Waals surface area contributed by atoms with Gasteiger partial charge in [-0.05, 0) is 60.9 Å². The standard InChI is InChI=1S/C25H26N2/c1-15-9-16(2)11-19(10-15)23-21-8-7-18-13-20(25(4,5)6)12-17(3)22(18)24(21)27-14-26-23/h7-14H,1-6H3. The molecule has 4 rings (SSSR count). The van der Waals surface area contributed by atoms with Gasteiger partial charge in [0.2, 0.25) is 0 Å². The van der Waals surface area contributed by atoms with Gasteiger partial charge in [0, 0.05) is 16.3 Å². The molecule has 0 fully saturated rings.